The van der Waals surface area contributed by atoms with E-state index in [1.807, 2.05) is 6.08 Å². The van der Waals surface area contributed by atoms with Crippen LogP contribution in [0.1, 0.15) is 78.1 Å². The van der Waals surface area contributed by atoms with E-state index in [4.69, 9.17) is 0 Å². The zero-order valence-electron chi connectivity index (χ0n) is 17.5. The second kappa shape index (κ2) is 11.2. The molecule has 1 N–H and O–H groups in total. The molecule has 1 nitrogen and oxygen atoms in total. The van der Waals surface area contributed by atoms with E-state index in [2.05, 4.69) is 46.1 Å². The van der Waals surface area contributed by atoms with Gasteiger partial charge in [-0.3, -0.25) is 0 Å². The van der Waals surface area contributed by atoms with Crippen LogP contribution in [0.15, 0.2) is 35.1 Å². The number of unbranched alkanes of at least 4 members (excludes halogenated alkanes) is 6. The summed E-state index contributed by atoms with van der Waals surface area (Å²) in [5.41, 5.74) is 2.80. The molecule has 1 rings (SSSR count). The van der Waals surface area contributed by atoms with Gasteiger partial charge in [0, 0.05) is 5.92 Å². The fourth-order valence-electron chi connectivity index (χ4n) is 4.14. The van der Waals surface area contributed by atoms with Crippen LogP contribution in [0.4, 0.5) is 0 Å². The Hall–Kier alpha value is -0.603. The van der Waals surface area contributed by atoms with Crippen molar-refractivity contribution in [1.29, 1.82) is 0 Å². The van der Waals surface area contributed by atoms with Crippen molar-refractivity contribution in [2.75, 3.05) is 0 Å². The first-order valence-corrected chi connectivity index (χ1v) is 14.1. The van der Waals surface area contributed by atoms with Crippen molar-refractivity contribution < 1.29 is 5.11 Å². The first kappa shape index (κ1) is 22.4. The average molecular weight is 363 g/mol. The summed E-state index contributed by atoms with van der Waals surface area (Å²) in [7, 11) is -1.48. The summed E-state index contributed by atoms with van der Waals surface area (Å²) in [5, 5.41) is 12.5. The summed E-state index contributed by atoms with van der Waals surface area (Å²) in [5.74, 6) is 0.138. The van der Waals surface area contributed by atoms with E-state index < -0.39 is 8.07 Å². The summed E-state index contributed by atoms with van der Waals surface area (Å²) in [6.45, 7) is 15.9. The lowest BCUT2D eigenvalue weighted by atomic mass is 9.83. The van der Waals surface area contributed by atoms with Gasteiger partial charge in [0.2, 0.25) is 0 Å². The highest BCUT2D eigenvalue weighted by Crippen LogP contribution is 2.39. The Kier molecular flexibility index (Phi) is 10.0. The summed E-state index contributed by atoms with van der Waals surface area (Å²) in [6, 6.07) is 0. The third-order valence-electron chi connectivity index (χ3n) is 5.44. The molecule has 2 unspecified atom stereocenters. The van der Waals surface area contributed by atoms with Gasteiger partial charge < -0.3 is 5.11 Å². The molecular formula is C23H42OSi. The molecule has 0 spiro atoms. The normalized spacial score (nSPS) is 21.4. The van der Waals surface area contributed by atoms with E-state index in [0.717, 1.165) is 6.42 Å². The predicted molar refractivity (Wildman–Crippen MR) is 116 cm³/mol. The zero-order valence-corrected chi connectivity index (χ0v) is 18.5. The van der Waals surface area contributed by atoms with Crippen molar-refractivity contribution in [3.63, 3.8) is 0 Å². The third kappa shape index (κ3) is 6.90. The Labute approximate surface area is 158 Å². The van der Waals surface area contributed by atoms with Gasteiger partial charge in [-0.2, -0.15) is 0 Å². The highest BCUT2D eigenvalue weighted by Gasteiger charge is 2.36. The molecule has 0 saturated heterocycles. The van der Waals surface area contributed by atoms with E-state index >= 15 is 0 Å². The van der Waals surface area contributed by atoms with Crippen LogP contribution in [0.5, 0.6) is 0 Å². The lowest BCUT2D eigenvalue weighted by Gasteiger charge is -2.37. The van der Waals surface area contributed by atoms with Crippen molar-refractivity contribution in [3.8, 4) is 0 Å². The molecule has 0 amide bonds. The van der Waals surface area contributed by atoms with Crippen LogP contribution in [0.3, 0.4) is 0 Å². The molecule has 0 bridgehead atoms. The molecule has 0 aromatic heterocycles. The molecule has 2 atom stereocenters. The van der Waals surface area contributed by atoms with Crippen molar-refractivity contribution in [2.45, 2.75) is 104 Å². The number of rotatable bonds is 12. The number of hydrogen-bond acceptors (Lipinski definition) is 1. The first-order valence-electron chi connectivity index (χ1n) is 10.6. The van der Waals surface area contributed by atoms with Crippen LogP contribution in [0.25, 0.3) is 0 Å². The van der Waals surface area contributed by atoms with Gasteiger partial charge in [-0.25, -0.2) is 0 Å². The Balaban J connectivity index is 3.03. The quantitative estimate of drug-likeness (QED) is 0.221. The van der Waals surface area contributed by atoms with Gasteiger partial charge in [0.05, 0.1) is 14.2 Å². The van der Waals surface area contributed by atoms with E-state index in [1.54, 1.807) is 5.20 Å². The lowest BCUT2D eigenvalue weighted by molar-refractivity contribution is 0.175. The highest BCUT2D eigenvalue weighted by molar-refractivity contribution is 6.83. The van der Waals surface area contributed by atoms with Crippen LogP contribution in [-0.2, 0) is 0 Å². The first-order chi connectivity index (χ1) is 11.9. The molecule has 0 aliphatic heterocycles. The van der Waals surface area contributed by atoms with Crippen LogP contribution >= 0.6 is 0 Å². The van der Waals surface area contributed by atoms with Gasteiger partial charge in [-0.1, -0.05) is 94.9 Å². The number of allylic oxidation sites excluding steroid dienone is 2. The second-order valence-corrected chi connectivity index (χ2v) is 13.8. The molecule has 0 radical (unpaired) electrons. The Morgan fingerprint density at radius 3 is 2.00 bits per heavy atom. The van der Waals surface area contributed by atoms with Gasteiger partial charge in [0.25, 0.3) is 0 Å². The molecule has 0 aromatic carbocycles. The Morgan fingerprint density at radius 1 is 0.960 bits per heavy atom. The Morgan fingerprint density at radius 2 is 1.52 bits per heavy atom. The maximum absolute atomic E-state index is 11.0. The van der Waals surface area contributed by atoms with Crippen LogP contribution in [0.2, 0.25) is 19.6 Å². The Bertz CT molecular complexity index is 467. The zero-order chi connectivity index (χ0) is 18.9. The molecule has 25 heavy (non-hydrogen) atoms. The fourth-order valence-corrected chi connectivity index (χ4v) is 6.58. The second-order valence-electron chi connectivity index (χ2n) is 8.74. The molecule has 0 aromatic rings. The molecule has 1 aliphatic rings. The molecule has 0 heterocycles. The van der Waals surface area contributed by atoms with Crippen molar-refractivity contribution in [1.82, 2.24) is 0 Å². The maximum atomic E-state index is 11.0. The van der Waals surface area contributed by atoms with E-state index in [-0.39, 0.29) is 12.0 Å². The molecule has 144 valence electrons. The van der Waals surface area contributed by atoms with Crippen LogP contribution in [-0.4, -0.2) is 19.3 Å². The third-order valence-corrected chi connectivity index (χ3v) is 7.71. The van der Waals surface area contributed by atoms with E-state index in [1.165, 1.54) is 68.9 Å². The fraction of sp³-hybridized carbons (Fsp3) is 0.739. The van der Waals surface area contributed by atoms with Crippen LogP contribution in [0, 0.1) is 5.92 Å². The van der Waals surface area contributed by atoms with Gasteiger partial charge in [0.1, 0.15) is 0 Å². The van der Waals surface area contributed by atoms with Crippen molar-refractivity contribution in [2.24, 2.45) is 5.92 Å². The summed E-state index contributed by atoms with van der Waals surface area (Å²) in [6.07, 6.45) is 16.5. The number of aliphatic hydroxyl groups is 1. The van der Waals surface area contributed by atoms with E-state index in [0.29, 0.717) is 0 Å². The number of hydrogen-bond donors (Lipinski definition) is 1. The van der Waals surface area contributed by atoms with Crippen molar-refractivity contribution >= 4 is 8.07 Å². The smallest absolute Gasteiger partial charge is 0.0849 e. The maximum Gasteiger partial charge on any atom is 0.0849 e. The monoisotopic (exact) mass is 362 g/mol. The minimum Gasteiger partial charge on any atom is -0.388 e. The lowest BCUT2D eigenvalue weighted by Crippen LogP contribution is -2.38. The topological polar surface area (TPSA) is 20.2 Å². The molecule has 1 aliphatic carbocycles. The SMILES string of the molecule is C=CC1C([Si](C)(C)C)=C(CCCCCC)C=C(CCCCCC)C1O. The molecule has 0 fully saturated rings. The molecule has 2 heteroatoms. The minimum atomic E-state index is -1.48. The number of aliphatic hydroxyl groups excluding tert-OH is 1. The highest BCUT2D eigenvalue weighted by atomic mass is 28.3. The van der Waals surface area contributed by atoms with E-state index in [9.17, 15) is 5.11 Å². The minimum absolute atomic E-state index is 0.138. The molecular weight excluding hydrogens is 320 g/mol. The summed E-state index contributed by atoms with van der Waals surface area (Å²) >= 11 is 0. The predicted octanol–water partition coefficient (Wildman–Crippen LogP) is 7.20. The van der Waals surface area contributed by atoms with Gasteiger partial charge in [-0.15, -0.1) is 6.58 Å². The van der Waals surface area contributed by atoms with Gasteiger partial charge in [0.15, 0.2) is 0 Å². The summed E-state index contributed by atoms with van der Waals surface area (Å²) < 4.78 is 0. The van der Waals surface area contributed by atoms with Gasteiger partial charge >= 0.3 is 0 Å². The van der Waals surface area contributed by atoms with Gasteiger partial charge in [-0.05, 0) is 31.3 Å². The summed E-state index contributed by atoms with van der Waals surface area (Å²) in [4.78, 5) is 0. The molecule has 0 saturated carbocycles. The van der Waals surface area contributed by atoms with Crippen molar-refractivity contribution in [3.05, 3.63) is 35.1 Å². The largest absolute Gasteiger partial charge is 0.388 e. The van der Waals surface area contributed by atoms with Crippen LogP contribution < -0.4 is 0 Å². The average Bonchev–Trinajstić information content (AvgIpc) is 2.56. The standard InChI is InChI=1S/C23H42OSi/c1-7-10-12-14-16-19-18-20(17-15-13-11-8-2)23(25(4,5)6)21(9-3)22(19)24/h9,18,21-22,24H,3,7-8,10-17H2,1-2,4-6H3.